The van der Waals surface area contributed by atoms with Gasteiger partial charge in [0.15, 0.2) is 0 Å². The number of nitrogens with two attached hydrogens (primary N) is 1. The van der Waals surface area contributed by atoms with Crippen LogP contribution in [0.25, 0.3) is 0 Å². The second kappa shape index (κ2) is 6.07. The zero-order chi connectivity index (χ0) is 15.6. The lowest BCUT2D eigenvalue weighted by Gasteiger charge is -2.34. The van der Waals surface area contributed by atoms with E-state index in [-0.39, 0.29) is 5.56 Å². The SMILES string of the molecule is CCOC(C)(C)C(NN)c1ccc(C(F)(F)F)c(F)c1. The van der Waals surface area contributed by atoms with Crippen LogP contribution in [0.3, 0.4) is 0 Å². The maximum atomic E-state index is 13.6. The molecule has 3 nitrogen and oxygen atoms in total. The van der Waals surface area contributed by atoms with Gasteiger partial charge in [0.25, 0.3) is 0 Å². The van der Waals surface area contributed by atoms with Crippen LogP contribution >= 0.6 is 0 Å². The molecule has 1 aromatic rings. The monoisotopic (exact) mass is 294 g/mol. The summed E-state index contributed by atoms with van der Waals surface area (Å²) >= 11 is 0. The molecular formula is C13H18F4N2O. The normalized spacial score (nSPS) is 14.4. The molecule has 0 fully saturated rings. The highest BCUT2D eigenvalue weighted by Gasteiger charge is 2.36. The molecule has 114 valence electrons. The molecule has 7 heteroatoms. The fourth-order valence-electron chi connectivity index (χ4n) is 2.09. The second-order valence-electron chi connectivity index (χ2n) is 4.87. The van der Waals surface area contributed by atoms with Gasteiger partial charge in [-0.05, 0) is 38.5 Å². The molecule has 0 heterocycles. The summed E-state index contributed by atoms with van der Waals surface area (Å²) in [6, 6.07) is 2.08. The third-order valence-corrected chi connectivity index (χ3v) is 3.01. The van der Waals surface area contributed by atoms with E-state index >= 15 is 0 Å². The molecule has 1 rings (SSSR count). The van der Waals surface area contributed by atoms with Gasteiger partial charge in [-0.25, -0.2) is 4.39 Å². The summed E-state index contributed by atoms with van der Waals surface area (Å²) in [5.74, 6) is 4.09. The first kappa shape index (κ1) is 16.9. The average Bonchev–Trinajstić information content (AvgIpc) is 2.27. The molecule has 0 amide bonds. The van der Waals surface area contributed by atoms with Crippen molar-refractivity contribution >= 4 is 0 Å². The molecule has 3 N–H and O–H groups in total. The van der Waals surface area contributed by atoms with Gasteiger partial charge in [0.2, 0.25) is 0 Å². The summed E-state index contributed by atoms with van der Waals surface area (Å²) in [4.78, 5) is 0. The number of hydrazine groups is 1. The van der Waals surface area contributed by atoms with Crippen LogP contribution in [0, 0.1) is 5.82 Å². The van der Waals surface area contributed by atoms with Crippen LogP contribution in [-0.2, 0) is 10.9 Å². The minimum atomic E-state index is -4.72. The fourth-order valence-corrected chi connectivity index (χ4v) is 2.09. The lowest BCUT2D eigenvalue weighted by atomic mass is 9.91. The molecule has 0 aliphatic heterocycles. The molecule has 0 saturated carbocycles. The Morgan fingerprint density at radius 3 is 2.30 bits per heavy atom. The number of hydrogen-bond donors (Lipinski definition) is 2. The average molecular weight is 294 g/mol. The predicted octanol–water partition coefficient (Wildman–Crippen LogP) is 3.16. The van der Waals surface area contributed by atoms with Crippen LogP contribution in [0.4, 0.5) is 17.6 Å². The fraction of sp³-hybridized carbons (Fsp3) is 0.538. The quantitative estimate of drug-likeness (QED) is 0.498. The molecule has 1 atom stereocenters. The summed E-state index contributed by atoms with van der Waals surface area (Å²) in [6.45, 7) is 5.62. The molecule has 20 heavy (non-hydrogen) atoms. The molecular weight excluding hydrogens is 276 g/mol. The number of rotatable bonds is 5. The molecule has 0 aromatic heterocycles. The minimum absolute atomic E-state index is 0.288. The first-order valence-electron chi connectivity index (χ1n) is 6.10. The van der Waals surface area contributed by atoms with Gasteiger partial charge >= 0.3 is 6.18 Å². The van der Waals surface area contributed by atoms with Crippen molar-refractivity contribution in [3.05, 3.63) is 35.1 Å². The van der Waals surface area contributed by atoms with Crippen LogP contribution < -0.4 is 11.3 Å². The van der Waals surface area contributed by atoms with E-state index in [2.05, 4.69) is 5.43 Å². The Hall–Kier alpha value is -1.18. The highest BCUT2D eigenvalue weighted by Crippen LogP contribution is 2.34. The molecule has 0 spiro atoms. The molecule has 0 aliphatic rings. The van der Waals surface area contributed by atoms with E-state index in [1.165, 1.54) is 6.07 Å². The first-order valence-corrected chi connectivity index (χ1v) is 6.10. The summed E-state index contributed by atoms with van der Waals surface area (Å²) in [5.41, 5.74) is 0.649. The molecule has 0 bridgehead atoms. The van der Waals surface area contributed by atoms with Crippen LogP contribution in [-0.4, -0.2) is 12.2 Å². The number of nitrogens with one attached hydrogen (secondary N) is 1. The number of hydrogen-bond acceptors (Lipinski definition) is 3. The third kappa shape index (κ3) is 3.68. The number of benzene rings is 1. The topological polar surface area (TPSA) is 47.3 Å². The van der Waals surface area contributed by atoms with Crippen LogP contribution in [0.1, 0.15) is 37.9 Å². The van der Waals surface area contributed by atoms with Gasteiger partial charge in [0.1, 0.15) is 5.82 Å². The van der Waals surface area contributed by atoms with Crippen molar-refractivity contribution in [2.24, 2.45) is 5.84 Å². The lowest BCUT2D eigenvalue weighted by molar-refractivity contribution is -0.140. The van der Waals surface area contributed by atoms with Gasteiger partial charge < -0.3 is 4.74 Å². The van der Waals surface area contributed by atoms with Crippen LogP contribution in [0.2, 0.25) is 0 Å². The van der Waals surface area contributed by atoms with E-state index < -0.39 is 29.2 Å². The van der Waals surface area contributed by atoms with Gasteiger partial charge in [0.05, 0.1) is 17.2 Å². The zero-order valence-electron chi connectivity index (χ0n) is 11.5. The summed E-state index contributed by atoms with van der Waals surface area (Å²) in [6.07, 6.45) is -4.72. The Balaban J connectivity index is 3.16. The number of alkyl halides is 3. The van der Waals surface area contributed by atoms with Crippen molar-refractivity contribution in [2.75, 3.05) is 6.61 Å². The highest BCUT2D eigenvalue weighted by atomic mass is 19.4. The third-order valence-electron chi connectivity index (χ3n) is 3.01. The lowest BCUT2D eigenvalue weighted by Crippen LogP contribution is -2.44. The van der Waals surface area contributed by atoms with E-state index in [4.69, 9.17) is 10.6 Å². The Morgan fingerprint density at radius 1 is 1.30 bits per heavy atom. The van der Waals surface area contributed by atoms with Gasteiger partial charge in [-0.3, -0.25) is 11.3 Å². The first-order chi connectivity index (χ1) is 9.13. The maximum absolute atomic E-state index is 13.6. The summed E-state index contributed by atoms with van der Waals surface area (Å²) < 4.78 is 56.6. The van der Waals surface area contributed by atoms with Crippen LogP contribution in [0.15, 0.2) is 18.2 Å². The maximum Gasteiger partial charge on any atom is 0.419 e. The summed E-state index contributed by atoms with van der Waals surface area (Å²) in [5, 5.41) is 0. The highest BCUT2D eigenvalue weighted by molar-refractivity contribution is 5.29. The van der Waals surface area contributed by atoms with Crippen molar-refractivity contribution in [1.29, 1.82) is 0 Å². The van der Waals surface area contributed by atoms with E-state index in [0.29, 0.717) is 12.7 Å². The molecule has 1 unspecified atom stereocenters. The van der Waals surface area contributed by atoms with Gasteiger partial charge in [-0.2, -0.15) is 13.2 Å². The molecule has 0 saturated heterocycles. The number of ether oxygens (including phenoxy) is 1. The Bertz CT molecular complexity index is 460. The van der Waals surface area contributed by atoms with Gasteiger partial charge in [0, 0.05) is 6.61 Å². The zero-order valence-corrected chi connectivity index (χ0v) is 11.5. The standard InChI is InChI=1S/C13H18F4N2O/c1-4-20-12(2,3)11(19-18)8-5-6-9(10(14)7-8)13(15,16)17/h5-7,11,19H,4,18H2,1-3H3. The van der Waals surface area contributed by atoms with Crippen molar-refractivity contribution < 1.29 is 22.3 Å². The Morgan fingerprint density at radius 2 is 1.90 bits per heavy atom. The van der Waals surface area contributed by atoms with Crippen LogP contribution in [0.5, 0.6) is 0 Å². The van der Waals surface area contributed by atoms with Crippen molar-refractivity contribution in [2.45, 2.75) is 38.6 Å². The number of halogens is 4. The van der Waals surface area contributed by atoms with E-state index in [1.54, 1.807) is 20.8 Å². The second-order valence-corrected chi connectivity index (χ2v) is 4.87. The molecule has 0 radical (unpaired) electrons. The molecule has 0 aliphatic carbocycles. The predicted molar refractivity (Wildman–Crippen MR) is 67.2 cm³/mol. The van der Waals surface area contributed by atoms with Crippen molar-refractivity contribution in [3.63, 3.8) is 0 Å². The smallest absolute Gasteiger partial charge is 0.374 e. The Kier molecular flexibility index (Phi) is 5.12. The van der Waals surface area contributed by atoms with Gasteiger partial charge in [-0.1, -0.05) is 6.07 Å². The van der Waals surface area contributed by atoms with Crippen molar-refractivity contribution in [3.8, 4) is 0 Å². The minimum Gasteiger partial charge on any atom is -0.374 e. The Labute approximate surface area is 115 Å². The van der Waals surface area contributed by atoms with E-state index in [9.17, 15) is 17.6 Å². The molecule has 1 aromatic carbocycles. The van der Waals surface area contributed by atoms with E-state index in [1.807, 2.05) is 0 Å². The largest absolute Gasteiger partial charge is 0.419 e. The van der Waals surface area contributed by atoms with Crippen molar-refractivity contribution in [1.82, 2.24) is 5.43 Å². The van der Waals surface area contributed by atoms with Gasteiger partial charge in [-0.15, -0.1) is 0 Å². The summed E-state index contributed by atoms with van der Waals surface area (Å²) in [7, 11) is 0. The van der Waals surface area contributed by atoms with E-state index in [0.717, 1.165) is 6.07 Å².